The van der Waals surface area contributed by atoms with Gasteiger partial charge in [0, 0.05) is 32.7 Å². The van der Waals surface area contributed by atoms with Crippen LogP contribution < -0.4 is 5.32 Å². The van der Waals surface area contributed by atoms with Crippen molar-refractivity contribution in [3.8, 4) is 0 Å². The van der Waals surface area contributed by atoms with Crippen LogP contribution in [0, 0.1) is 5.92 Å². The molecule has 0 aliphatic carbocycles. The van der Waals surface area contributed by atoms with E-state index < -0.39 is 5.97 Å². The number of carboxylic acids is 1. The second kappa shape index (κ2) is 8.74. The van der Waals surface area contributed by atoms with E-state index in [0.717, 1.165) is 0 Å². The Morgan fingerprint density at radius 1 is 1.33 bits per heavy atom. The maximum atomic E-state index is 11.9. The minimum absolute atomic E-state index is 0.0556. The van der Waals surface area contributed by atoms with Gasteiger partial charge in [0.15, 0.2) is 0 Å². The minimum Gasteiger partial charge on any atom is -0.481 e. The molecule has 0 saturated heterocycles. The van der Waals surface area contributed by atoms with Gasteiger partial charge in [0.25, 0.3) is 0 Å². The molecule has 2 N–H and O–H groups in total. The lowest BCUT2D eigenvalue weighted by molar-refractivity contribution is -0.137. The third kappa shape index (κ3) is 7.11. The normalized spacial score (nSPS) is 12.3. The molecule has 0 aromatic heterocycles. The van der Waals surface area contributed by atoms with Crippen molar-refractivity contribution >= 4 is 12.0 Å². The Morgan fingerprint density at radius 2 is 1.94 bits per heavy atom. The molecule has 6 nitrogen and oxygen atoms in total. The first-order chi connectivity index (χ1) is 8.38. The number of aliphatic carboxylic acids is 1. The molecule has 1 atom stereocenters. The van der Waals surface area contributed by atoms with E-state index in [1.54, 1.807) is 18.9 Å². The number of carbonyl (C=O) groups excluding carboxylic acids is 1. The molecule has 0 radical (unpaired) electrons. The number of rotatable bonds is 8. The van der Waals surface area contributed by atoms with E-state index in [-0.39, 0.29) is 24.4 Å². The van der Waals surface area contributed by atoms with E-state index >= 15 is 0 Å². The largest absolute Gasteiger partial charge is 0.481 e. The predicted octanol–water partition coefficient (Wildman–Crippen LogP) is 1.16. The highest BCUT2D eigenvalue weighted by Gasteiger charge is 2.17. The third-order valence-corrected chi connectivity index (χ3v) is 2.55. The van der Waals surface area contributed by atoms with Crippen LogP contribution in [0.4, 0.5) is 4.79 Å². The number of carbonyl (C=O) groups is 2. The Labute approximate surface area is 108 Å². The van der Waals surface area contributed by atoms with Crippen molar-refractivity contribution in [3.05, 3.63) is 0 Å². The molecule has 0 saturated carbocycles. The van der Waals surface area contributed by atoms with Crippen LogP contribution in [0.1, 0.15) is 27.2 Å². The molecule has 0 rings (SSSR count). The van der Waals surface area contributed by atoms with Crippen molar-refractivity contribution in [1.82, 2.24) is 10.2 Å². The molecule has 0 fully saturated rings. The number of hydrogen-bond acceptors (Lipinski definition) is 3. The number of nitrogens with zero attached hydrogens (tertiary/aromatic N) is 1. The molecular formula is C12H24N2O4. The first-order valence-electron chi connectivity index (χ1n) is 6.13. The van der Waals surface area contributed by atoms with Crippen molar-refractivity contribution in [2.45, 2.75) is 33.2 Å². The number of methoxy groups -OCH3 is 1. The number of urea groups is 1. The van der Waals surface area contributed by atoms with Crippen molar-refractivity contribution in [1.29, 1.82) is 0 Å². The average molecular weight is 260 g/mol. The van der Waals surface area contributed by atoms with Gasteiger partial charge in [-0.25, -0.2) is 4.79 Å². The monoisotopic (exact) mass is 260 g/mol. The van der Waals surface area contributed by atoms with Crippen molar-refractivity contribution in [2.24, 2.45) is 5.92 Å². The molecule has 0 aliphatic heterocycles. The first kappa shape index (κ1) is 16.7. The second-order valence-corrected chi connectivity index (χ2v) is 4.67. The molecule has 18 heavy (non-hydrogen) atoms. The van der Waals surface area contributed by atoms with Crippen molar-refractivity contribution in [3.63, 3.8) is 0 Å². The summed E-state index contributed by atoms with van der Waals surface area (Å²) in [6.45, 7) is 7.01. The predicted molar refractivity (Wildman–Crippen MR) is 68.5 cm³/mol. The van der Waals surface area contributed by atoms with Crippen LogP contribution in [0.5, 0.6) is 0 Å². The minimum atomic E-state index is -0.850. The molecule has 0 aromatic carbocycles. The Bertz CT molecular complexity index is 269. The summed E-state index contributed by atoms with van der Waals surface area (Å²) in [5.74, 6) is -0.931. The van der Waals surface area contributed by atoms with Gasteiger partial charge in [0.05, 0.1) is 6.61 Å². The fourth-order valence-corrected chi connectivity index (χ4v) is 1.52. The molecule has 0 spiro atoms. The summed E-state index contributed by atoms with van der Waals surface area (Å²) >= 11 is 0. The fraction of sp³-hybridized carbons (Fsp3) is 0.833. The number of carboxylic acid groups (broad SMARTS) is 1. The van der Waals surface area contributed by atoms with E-state index in [1.165, 1.54) is 0 Å². The SMILES string of the molecule is COCCN(C(=O)NCC(C)CC(=O)O)C(C)C. The lowest BCUT2D eigenvalue weighted by Gasteiger charge is -2.27. The maximum Gasteiger partial charge on any atom is 0.317 e. The molecule has 0 aliphatic rings. The molecule has 0 bridgehead atoms. The van der Waals surface area contributed by atoms with Crippen molar-refractivity contribution < 1.29 is 19.4 Å². The van der Waals surface area contributed by atoms with Gasteiger partial charge in [-0.15, -0.1) is 0 Å². The van der Waals surface area contributed by atoms with Gasteiger partial charge in [-0.05, 0) is 19.8 Å². The van der Waals surface area contributed by atoms with Gasteiger partial charge < -0.3 is 20.1 Å². The Kier molecular flexibility index (Phi) is 8.11. The summed E-state index contributed by atoms with van der Waals surface area (Å²) in [5.41, 5.74) is 0. The summed E-state index contributed by atoms with van der Waals surface area (Å²) in [6, 6.07) is -0.103. The highest BCUT2D eigenvalue weighted by Crippen LogP contribution is 2.02. The van der Waals surface area contributed by atoms with Crippen LogP contribution in [0.3, 0.4) is 0 Å². The molecule has 1 unspecified atom stereocenters. The number of amides is 2. The molecule has 2 amide bonds. The smallest absolute Gasteiger partial charge is 0.317 e. The standard InChI is InChI=1S/C12H24N2O4/c1-9(2)14(5-6-18-4)12(17)13-8-10(3)7-11(15)16/h9-10H,5-8H2,1-4H3,(H,13,17)(H,15,16). The third-order valence-electron chi connectivity index (χ3n) is 2.55. The molecule has 0 heterocycles. The Balaban J connectivity index is 4.13. The zero-order valence-corrected chi connectivity index (χ0v) is 11.6. The van der Waals surface area contributed by atoms with Crippen LogP contribution in [-0.2, 0) is 9.53 Å². The van der Waals surface area contributed by atoms with Gasteiger partial charge in [0.1, 0.15) is 0 Å². The van der Waals surface area contributed by atoms with Crippen LogP contribution >= 0.6 is 0 Å². The van der Waals surface area contributed by atoms with Gasteiger partial charge in [-0.2, -0.15) is 0 Å². The van der Waals surface area contributed by atoms with E-state index in [1.807, 2.05) is 13.8 Å². The second-order valence-electron chi connectivity index (χ2n) is 4.67. The van der Waals surface area contributed by atoms with Crippen molar-refractivity contribution in [2.75, 3.05) is 26.8 Å². The summed E-state index contributed by atoms with van der Waals surface area (Å²) in [4.78, 5) is 24.1. The van der Waals surface area contributed by atoms with Gasteiger partial charge in [0.2, 0.25) is 0 Å². The number of hydrogen-bond donors (Lipinski definition) is 2. The van der Waals surface area contributed by atoms with E-state index in [9.17, 15) is 9.59 Å². The summed E-state index contributed by atoms with van der Waals surface area (Å²) in [7, 11) is 1.59. The fourth-order valence-electron chi connectivity index (χ4n) is 1.52. The van der Waals surface area contributed by atoms with Crippen LogP contribution in [-0.4, -0.2) is 54.9 Å². The Hall–Kier alpha value is -1.30. The number of ether oxygens (including phenoxy) is 1. The average Bonchev–Trinajstić information content (AvgIpc) is 2.25. The lowest BCUT2D eigenvalue weighted by atomic mass is 10.1. The zero-order valence-electron chi connectivity index (χ0n) is 11.6. The topological polar surface area (TPSA) is 78.9 Å². The number of nitrogens with one attached hydrogen (secondary N) is 1. The van der Waals surface area contributed by atoms with E-state index in [2.05, 4.69) is 5.32 Å². The molecule has 106 valence electrons. The van der Waals surface area contributed by atoms with Crippen LogP contribution in [0.25, 0.3) is 0 Å². The Morgan fingerprint density at radius 3 is 2.39 bits per heavy atom. The lowest BCUT2D eigenvalue weighted by Crippen LogP contribution is -2.46. The molecular weight excluding hydrogens is 236 g/mol. The zero-order chi connectivity index (χ0) is 14.1. The summed E-state index contributed by atoms with van der Waals surface area (Å²) < 4.78 is 4.95. The first-order valence-corrected chi connectivity index (χ1v) is 6.13. The van der Waals surface area contributed by atoms with Gasteiger partial charge in [-0.1, -0.05) is 6.92 Å². The quantitative estimate of drug-likeness (QED) is 0.686. The van der Waals surface area contributed by atoms with E-state index in [4.69, 9.17) is 9.84 Å². The summed E-state index contributed by atoms with van der Waals surface area (Å²) in [6.07, 6.45) is 0.0556. The van der Waals surface area contributed by atoms with Gasteiger partial charge >= 0.3 is 12.0 Å². The van der Waals surface area contributed by atoms with E-state index in [0.29, 0.717) is 19.7 Å². The highest BCUT2D eigenvalue weighted by atomic mass is 16.5. The molecule has 6 heteroatoms. The van der Waals surface area contributed by atoms with Gasteiger partial charge in [-0.3, -0.25) is 4.79 Å². The molecule has 0 aromatic rings. The summed E-state index contributed by atoms with van der Waals surface area (Å²) in [5, 5.41) is 11.4. The van der Waals surface area contributed by atoms with Crippen LogP contribution in [0.15, 0.2) is 0 Å². The maximum absolute atomic E-state index is 11.9. The van der Waals surface area contributed by atoms with Crippen LogP contribution in [0.2, 0.25) is 0 Å². The highest BCUT2D eigenvalue weighted by molar-refractivity contribution is 5.74.